The molecule has 1 aliphatic rings. The number of carbonyl (C=O) groups is 1. The number of nitrogens with zero attached hydrogens (tertiary/aromatic N) is 1. The van der Waals surface area contributed by atoms with Gasteiger partial charge in [0.25, 0.3) is 0 Å². The van der Waals surface area contributed by atoms with E-state index in [9.17, 15) is 4.79 Å². The molecule has 0 radical (unpaired) electrons. The van der Waals surface area contributed by atoms with Crippen LogP contribution in [0.25, 0.3) is 0 Å². The number of hydrogen-bond donors (Lipinski definition) is 2. The number of aromatic amines is 1. The zero-order valence-electron chi connectivity index (χ0n) is 9.45. The Labute approximate surface area is 94.6 Å². The van der Waals surface area contributed by atoms with Crippen LogP contribution in [-0.4, -0.2) is 22.7 Å². The summed E-state index contributed by atoms with van der Waals surface area (Å²) >= 11 is 0. The van der Waals surface area contributed by atoms with Crippen LogP contribution in [0.15, 0.2) is 6.07 Å². The van der Waals surface area contributed by atoms with Crippen molar-refractivity contribution in [2.24, 2.45) is 5.92 Å². The number of ether oxygens (including phenoxy) is 1. The molecule has 1 amide bonds. The Morgan fingerprint density at radius 2 is 2.38 bits per heavy atom. The summed E-state index contributed by atoms with van der Waals surface area (Å²) in [5, 5.41) is 9.49. The first kappa shape index (κ1) is 11.0. The lowest BCUT2D eigenvalue weighted by molar-refractivity contribution is -0.119. The predicted octanol–water partition coefficient (Wildman–Crippen LogP) is 1.94. The van der Waals surface area contributed by atoms with E-state index in [0.717, 1.165) is 25.7 Å². The summed E-state index contributed by atoms with van der Waals surface area (Å²) in [6.45, 7) is 2.46. The van der Waals surface area contributed by atoms with Crippen molar-refractivity contribution in [3.05, 3.63) is 6.07 Å². The summed E-state index contributed by atoms with van der Waals surface area (Å²) in [6, 6.07) is 1.70. The highest BCUT2D eigenvalue weighted by Gasteiger charge is 2.22. The number of nitrogens with one attached hydrogen (secondary N) is 2. The number of rotatable bonds is 4. The van der Waals surface area contributed by atoms with Gasteiger partial charge >= 0.3 is 0 Å². The number of anilines is 1. The van der Waals surface area contributed by atoms with Gasteiger partial charge in [0.15, 0.2) is 0 Å². The molecule has 0 unspecified atom stereocenters. The van der Waals surface area contributed by atoms with Crippen molar-refractivity contribution in [3.8, 4) is 5.88 Å². The molecule has 1 aliphatic carbocycles. The normalized spacial score (nSPS) is 16.3. The number of carbonyl (C=O) groups excluding carboxylic acids is 1. The third-order valence-corrected chi connectivity index (χ3v) is 2.83. The van der Waals surface area contributed by atoms with E-state index in [2.05, 4.69) is 15.5 Å². The van der Waals surface area contributed by atoms with Gasteiger partial charge in [-0.1, -0.05) is 12.8 Å². The fraction of sp³-hybridized carbons (Fsp3) is 0.636. The molecular weight excluding hydrogens is 206 g/mol. The maximum Gasteiger partial charge on any atom is 0.234 e. The predicted molar refractivity (Wildman–Crippen MR) is 60.3 cm³/mol. The summed E-state index contributed by atoms with van der Waals surface area (Å²) in [5.74, 6) is 1.38. The molecule has 0 saturated heterocycles. The Morgan fingerprint density at radius 1 is 1.62 bits per heavy atom. The minimum absolute atomic E-state index is 0.0872. The fourth-order valence-electron chi connectivity index (χ4n) is 2.01. The molecule has 88 valence electrons. The van der Waals surface area contributed by atoms with Crippen molar-refractivity contribution in [2.75, 3.05) is 11.9 Å². The number of hydrogen-bond acceptors (Lipinski definition) is 3. The van der Waals surface area contributed by atoms with Crippen molar-refractivity contribution >= 4 is 11.7 Å². The fourth-order valence-corrected chi connectivity index (χ4v) is 2.01. The minimum atomic E-state index is 0.0872. The summed E-state index contributed by atoms with van der Waals surface area (Å²) in [4.78, 5) is 11.8. The third kappa shape index (κ3) is 2.53. The van der Waals surface area contributed by atoms with Crippen LogP contribution in [0.2, 0.25) is 0 Å². The third-order valence-electron chi connectivity index (χ3n) is 2.83. The molecule has 0 spiro atoms. The van der Waals surface area contributed by atoms with Crippen molar-refractivity contribution in [1.82, 2.24) is 10.2 Å². The maximum atomic E-state index is 11.8. The average Bonchev–Trinajstić information content (AvgIpc) is 2.89. The van der Waals surface area contributed by atoms with E-state index in [1.165, 1.54) is 0 Å². The van der Waals surface area contributed by atoms with Crippen molar-refractivity contribution in [2.45, 2.75) is 32.6 Å². The van der Waals surface area contributed by atoms with E-state index in [1.807, 2.05) is 6.92 Å². The molecule has 16 heavy (non-hydrogen) atoms. The van der Waals surface area contributed by atoms with Crippen LogP contribution in [0.4, 0.5) is 5.82 Å². The molecule has 2 rings (SSSR count). The maximum absolute atomic E-state index is 11.8. The van der Waals surface area contributed by atoms with Gasteiger partial charge in [0.05, 0.1) is 6.61 Å². The molecule has 0 atom stereocenters. The van der Waals surface area contributed by atoms with Crippen LogP contribution in [0, 0.1) is 5.92 Å². The van der Waals surface area contributed by atoms with Crippen molar-refractivity contribution in [1.29, 1.82) is 0 Å². The number of amides is 1. The Hall–Kier alpha value is -1.52. The van der Waals surface area contributed by atoms with E-state index in [4.69, 9.17) is 4.74 Å². The second-order valence-electron chi connectivity index (χ2n) is 4.02. The van der Waals surface area contributed by atoms with Gasteiger partial charge in [0.2, 0.25) is 11.8 Å². The summed E-state index contributed by atoms with van der Waals surface area (Å²) in [7, 11) is 0. The van der Waals surface area contributed by atoms with Crippen LogP contribution in [0.3, 0.4) is 0 Å². The van der Waals surface area contributed by atoms with E-state index in [1.54, 1.807) is 6.07 Å². The van der Waals surface area contributed by atoms with Gasteiger partial charge in [-0.25, -0.2) is 0 Å². The molecule has 1 aromatic heterocycles. The highest BCUT2D eigenvalue weighted by molar-refractivity contribution is 5.91. The largest absolute Gasteiger partial charge is 0.477 e. The molecular formula is C11H17N3O2. The van der Waals surface area contributed by atoms with Gasteiger partial charge in [0.1, 0.15) is 5.82 Å². The summed E-state index contributed by atoms with van der Waals surface area (Å²) in [5.41, 5.74) is 0. The van der Waals surface area contributed by atoms with E-state index < -0.39 is 0 Å². The number of H-pyrrole nitrogens is 1. The standard InChI is InChI=1S/C11H17N3O2/c1-2-16-10-7-9(13-14-10)12-11(15)8-5-3-4-6-8/h7-8H,2-6H2,1H3,(H2,12,13,14,15). The Morgan fingerprint density at radius 3 is 3.06 bits per heavy atom. The zero-order chi connectivity index (χ0) is 11.4. The second-order valence-corrected chi connectivity index (χ2v) is 4.02. The SMILES string of the molecule is CCOc1cc(NC(=O)C2CCCC2)[nH]n1. The molecule has 1 fully saturated rings. The molecule has 1 saturated carbocycles. The molecule has 0 bridgehead atoms. The molecule has 5 heteroatoms. The molecule has 0 aliphatic heterocycles. The lowest BCUT2D eigenvalue weighted by Crippen LogP contribution is -2.20. The Kier molecular flexibility index (Phi) is 3.44. The summed E-state index contributed by atoms with van der Waals surface area (Å²) < 4.78 is 5.20. The minimum Gasteiger partial charge on any atom is -0.477 e. The van der Waals surface area contributed by atoms with Crippen LogP contribution in [0.1, 0.15) is 32.6 Å². The average molecular weight is 223 g/mol. The van der Waals surface area contributed by atoms with Gasteiger partial charge in [-0.2, -0.15) is 0 Å². The lowest BCUT2D eigenvalue weighted by atomic mass is 10.1. The van der Waals surface area contributed by atoms with Gasteiger partial charge in [0, 0.05) is 12.0 Å². The van der Waals surface area contributed by atoms with E-state index >= 15 is 0 Å². The first-order valence-corrected chi connectivity index (χ1v) is 5.78. The van der Waals surface area contributed by atoms with Crippen molar-refractivity contribution in [3.63, 3.8) is 0 Å². The molecule has 1 aromatic rings. The summed E-state index contributed by atoms with van der Waals surface area (Å²) in [6.07, 6.45) is 4.31. The van der Waals surface area contributed by atoms with Crippen LogP contribution < -0.4 is 10.1 Å². The quantitative estimate of drug-likeness (QED) is 0.819. The highest BCUT2D eigenvalue weighted by Crippen LogP contribution is 2.26. The Bertz CT molecular complexity index is 356. The molecule has 0 aromatic carbocycles. The van der Waals surface area contributed by atoms with Crippen molar-refractivity contribution < 1.29 is 9.53 Å². The topological polar surface area (TPSA) is 67.0 Å². The molecule has 1 heterocycles. The molecule has 5 nitrogen and oxygen atoms in total. The van der Waals surface area contributed by atoms with E-state index in [0.29, 0.717) is 18.3 Å². The Balaban J connectivity index is 1.89. The van der Waals surface area contributed by atoms with Crippen LogP contribution in [-0.2, 0) is 4.79 Å². The number of aromatic nitrogens is 2. The zero-order valence-corrected chi connectivity index (χ0v) is 9.45. The van der Waals surface area contributed by atoms with Crippen LogP contribution >= 0.6 is 0 Å². The van der Waals surface area contributed by atoms with Gasteiger partial charge in [-0.05, 0) is 19.8 Å². The smallest absolute Gasteiger partial charge is 0.234 e. The first-order valence-electron chi connectivity index (χ1n) is 5.78. The lowest BCUT2D eigenvalue weighted by Gasteiger charge is -2.07. The van der Waals surface area contributed by atoms with Gasteiger partial charge < -0.3 is 10.1 Å². The van der Waals surface area contributed by atoms with Crippen LogP contribution in [0.5, 0.6) is 5.88 Å². The highest BCUT2D eigenvalue weighted by atomic mass is 16.5. The first-order chi connectivity index (χ1) is 7.79. The monoisotopic (exact) mass is 223 g/mol. The second kappa shape index (κ2) is 5.01. The van der Waals surface area contributed by atoms with Gasteiger partial charge in [-0.15, -0.1) is 5.10 Å². The van der Waals surface area contributed by atoms with Gasteiger partial charge in [-0.3, -0.25) is 9.89 Å². The molecule has 2 N–H and O–H groups in total. The van der Waals surface area contributed by atoms with E-state index in [-0.39, 0.29) is 11.8 Å².